The standard InChI is InChI=1S/C8H12F2O6S/c9-8(10,17(13,14)15)7(12)16-6-4-2-1-3-5(6)11/h6-7,12H,1-4H2,(H,13,14,15). The van der Waals surface area contributed by atoms with Crippen molar-refractivity contribution < 1.29 is 36.4 Å². The summed E-state index contributed by atoms with van der Waals surface area (Å²) >= 11 is 0. The van der Waals surface area contributed by atoms with Crippen LogP contribution in [0.3, 0.4) is 0 Å². The molecule has 0 amide bonds. The van der Waals surface area contributed by atoms with Crippen LogP contribution in [0.4, 0.5) is 8.78 Å². The molecule has 1 aliphatic rings. The molecule has 1 saturated carbocycles. The second-order valence-corrected chi connectivity index (χ2v) is 5.22. The second-order valence-electron chi connectivity index (χ2n) is 3.73. The van der Waals surface area contributed by atoms with Crippen molar-refractivity contribution in [2.45, 2.75) is 43.3 Å². The van der Waals surface area contributed by atoms with Gasteiger partial charge in [-0.2, -0.15) is 17.2 Å². The first-order valence-corrected chi connectivity index (χ1v) is 6.31. The molecule has 0 radical (unpaired) electrons. The van der Waals surface area contributed by atoms with E-state index in [1.54, 1.807) is 0 Å². The Kier molecular flexibility index (Phi) is 4.18. The summed E-state index contributed by atoms with van der Waals surface area (Å²) in [5.74, 6) is -0.471. The number of aliphatic hydroxyl groups is 1. The number of aliphatic hydroxyl groups excluding tert-OH is 1. The molecule has 0 heterocycles. The number of carbonyl (C=O) groups excluding carboxylic acids is 1. The molecular formula is C8H12F2O6S. The van der Waals surface area contributed by atoms with Crippen LogP contribution < -0.4 is 0 Å². The molecule has 100 valence electrons. The van der Waals surface area contributed by atoms with Gasteiger partial charge in [-0.05, 0) is 19.3 Å². The summed E-state index contributed by atoms with van der Waals surface area (Å²) < 4.78 is 58.9. The van der Waals surface area contributed by atoms with Crippen LogP contribution in [0.1, 0.15) is 25.7 Å². The minimum atomic E-state index is -5.79. The molecule has 2 atom stereocenters. The third kappa shape index (κ3) is 3.18. The van der Waals surface area contributed by atoms with Gasteiger partial charge in [-0.25, -0.2) is 0 Å². The first kappa shape index (κ1) is 14.4. The van der Waals surface area contributed by atoms with E-state index in [1.165, 1.54) is 0 Å². The van der Waals surface area contributed by atoms with Gasteiger partial charge in [0.05, 0.1) is 0 Å². The molecule has 0 aromatic carbocycles. The first-order valence-electron chi connectivity index (χ1n) is 4.87. The lowest BCUT2D eigenvalue weighted by Gasteiger charge is -2.26. The number of ketones is 1. The van der Waals surface area contributed by atoms with Gasteiger partial charge >= 0.3 is 15.4 Å². The Balaban J connectivity index is 2.71. The Labute approximate surface area is 96.3 Å². The lowest BCUT2D eigenvalue weighted by atomic mass is 9.96. The van der Waals surface area contributed by atoms with Crippen LogP contribution in [0.15, 0.2) is 0 Å². The van der Waals surface area contributed by atoms with E-state index in [9.17, 15) is 22.0 Å². The molecular weight excluding hydrogens is 262 g/mol. The zero-order valence-electron chi connectivity index (χ0n) is 8.67. The fourth-order valence-electron chi connectivity index (χ4n) is 1.46. The first-order chi connectivity index (χ1) is 7.66. The van der Waals surface area contributed by atoms with Crippen LogP contribution in [0.5, 0.6) is 0 Å². The van der Waals surface area contributed by atoms with Crippen molar-refractivity contribution in [3.8, 4) is 0 Å². The molecule has 1 aliphatic carbocycles. The molecule has 2 unspecified atom stereocenters. The molecule has 9 heteroatoms. The van der Waals surface area contributed by atoms with E-state index in [1.807, 2.05) is 0 Å². The van der Waals surface area contributed by atoms with E-state index in [0.717, 1.165) is 0 Å². The van der Waals surface area contributed by atoms with E-state index >= 15 is 0 Å². The van der Waals surface area contributed by atoms with Crippen molar-refractivity contribution in [2.24, 2.45) is 0 Å². The van der Waals surface area contributed by atoms with Gasteiger partial charge < -0.3 is 9.84 Å². The Morgan fingerprint density at radius 2 is 2.00 bits per heavy atom. The van der Waals surface area contributed by atoms with Crippen LogP contribution in [-0.4, -0.2) is 41.5 Å². The van der Waals surface area contributed by atoms with Gasteiger partial charge in [0.2, 0.25) is 6.29 Å². The van der Waals surface area contributed by atoms with Crippen LogP contribution in [0.25, 0.3) is 0 Å². The lowest BCUT2D eigenvalue weighted by molar-refractivity contribution is -0.220. The number of ether oxygens (including phenoxy) is 1. The van der Waals surface area contributed by atoms with Crippen molar-refractivity contribution in [3.63, 3.8) is 0 Å². The van der Waals surface area contributed by atoms with E-state index < -0.39 is 33.5 Å². The third-order valence-corrected chi connectivity index (χ3v) is 3.31. The van der Waals surface area contributed by atoms with E-state index in [4.69, 9.17) is 9.66 Å². The fourth-order valence-corrected chi connectivity index (χ4v) is 1.77. The van der Waals surface area contributed by atoms with Crippen molar-refractivity contribution in [2.75, 3.05) is 0 Å². The predicted octanol–water partition coefficient (Wildman–Crippen LogP) is 0.314. The number of hydrogen-bond donors (Lipinski definition) is 2. The highest BCUT2D eigenvalue weighted by Crippen LogP contribution is 2.28. The summed E-state index contributed by atoms with van der Waals surface area (Å²) in [6, 6.07) is 0. The average molecular weight is 274 g/mol. The number of halogens is 2. The normalized spacial score (nSPS) is 24.7. The quantitative estimate of drug-likeness (QED) is 0.565. The van der Waals surface area contributed by atoms with Gasteiger partial charge in [-0.1, -0.05) is 0 Å². The van der Waals surface area contributed by atoms with E-state index in [0.29, 0.717) is 12.8 Å². The van der Waals surface area contributed by atoms with Crippen LogP contribution in [0, 0.1) is 0 Å². The minimum absolute atomic E-state index is 0.134. The SMILES string of the molecule is O=C1CCCCC1OC(O)C(F)(F)S(=O)(=O)O. The number of Topliss-reactive ketones (excluding diaryl/α,β-unsaturated/α-hetero) is 1. The van der Waals surface area contributed by atoms with Crippen molar-refractivity contribution >= 4 is 15.9 Å². The lowest BCUT2D eigenvalue weighted by Crippen LogP contribution is -2.46. The zero-order valence-corrected chi connectivity index (χ0v) is 9.49. The third-order valence-electron chi connectivity index (χ3n) is 2.42. The second kappa shape index (κ2) is 4.92. The molecule has 0 bridgehead atoms. The van der Waals surface area contributed by atoms with Gasteiger partial charge in [0.15, 0.2) is 5.78 Å². The average Bonchev–Trinajstić information content (AvgIpc) is 2.19. The van der Waals surface area contributed by atoms with Crippen LogP contribution >= 0.6 is 0 Å². The minimum Gasteiger partial charge on any atom is -0.362 e. The molecule has 0 spiro atoms. The highest BCUT2D eigenvalue weighted by molar-refractivity contribution is 7.86. The van der Waals surface area contributed by atoms with Crippen LogP contribution in [0.2, 0.25) is 0 Å². The zero-order chi connectivity index (χ0) is 13.3. The summed E-state index contributed by atoms with van der Waals surface area (Å²) in [5, 5.41) is 4.06. The summed E-state index contributed by atoms with van der Waals surface area (Å²) in [6.45, 7) is 0. The molecule has 0 aliphatic heterocycles. The molecule has 2 N–H and O–H groups in total. The molecule has 1 rings (SSSR count). The molecule has 0 saturated heterocycles. The molecule has 1 fully saturated rings. The van der Waals surface area contributed by atoms with Gasteiger partial charge in [-0.15, -0.1) is 0 Å². The summed E-state index contributed by atoms with van der Waals surface area (Å²) in [7, 11) is -5.79. The van der Waals surface area contributed by atoms with Crippen molar-refractivity contribution in [1.29, 1.82) is 0 Å². The fraction of sp³-hybridized carbons (Fsp3) is 0.875. The highest BCUT2D eigenvalue weighted by atomic mass is 32.2. The summed E-state index contributed by atoms with van der Waals surface area (Å²) in [6.07, 6.45) is -2.90. The number of hydrogen-bond acceptors (Lipinski definition) is 5. The van der Waals surface area contributed by atoms with E-state index in [2.05, 4.69) is 4.74 Å². The molecule has 0 aromatic rings. The van der Waals surface area contributed by atoms with E-state index in [-0.39, 0.29) is 12.8 Å². The maximum absolute atomic E-state index is 12.9. The number of rotatable bonds is 4. The number of alkyl halides is 2. The number of carbonyl (C=O) groups is 1. The molecule has 0 aromatic heterocycles. The maximum Gasteiger partial charge on any atom is 0.418 e. The van der Waals surface area contributed by atoms with Gasteiger partial charge in [0.1, 0.15) is 6.10 Å². The Bertz CT molecular complexity index is 393. The Morgan fingerprint density at radius 3 is 2.47 bits per heavy atom. The molecule has 17 heavy (non-hydrogen) atoms. The van der Waals surface area contributed by atoms with Crippen LogP contribution in [-0.2, 0) is 19.6 Å². The summed E-state index contributed by atoms with van der Waals surface area (Å²) in [5.41, 5.74) is 0. The predicted molar refractivity (Wildman–Crippen MR) is 50.9 cm³/mol. The summed E-state index contributed by atoms with van der Waals surface area (Å²) in [4.78, 5) is 11.2. The van der Waals surface area contributed by atoms with Crippen molar-refractivity contribution in [1.82, 2.24) is 0 Å². The van der Waals surface area contributed by atoms with Crippen molar-refractivity contribution in [3.05, 3.63) is 0 Å². The highest BCUT2D eigenvalue weighted by Gasteiger charge is 2.53. The van der Waals surface area contributed by atoms with Gasteiger partial charge in [0, 0.05) is 6.42 Å². The smallest absolute Gasteiger partial charge is 0.362 e. The van der Waals surface area contributed by atoms with Gasteiger partial charge in [0.25, 0.3) is 0 Å². The van der Waals surface area contributed by atoms with Gasteiger partial charge in [-0.3, -0.25) is 9.35 Å². The Hall–Kier alpha value is -0.640. The molecule has 6 nitrogen and oxygen atoms in total. The largest absolute Gasteiger partial charge is 0.418 e. The monoisotopic (exact) mass is 274 g/mol. The Morgan fingerprint density at radius 1 is 1.41 bits per heavy atom. The maximum atomic E-state index is 12.9. The topological polar surface area (TPSA) is 101 Å².